The molecule has 0 unspecified atom stereocenters. The number of aliphatic hydroxyl groups is 1. The number of piperidine rings is 2. The normalized spacial score (nSPS) is 19.0. The van der Waals surface area contributed by atoms with Gasteiger partial charge >= 0.3 is 0 Å². The second-order valence-electron chi connectivity index (χ2n) is 12.6. The number of halogens is 2. The maximum Gasteiger partial charge on any atom is 0.266 e. The molecule has 0 radical (unpaired) electrons. The van der Waals surface area contributed by atoms with E-state index in [9.17, 15) is 22.3 Å². The fourth-order valence-electron chi connectivity index (χ4n) is 6.36. The first-order valence-corrected chi connectivity index (χ1v) is 17.1. The van der Waals surface area contributed by atoms with Crippen molar-refractivity contribution in [3.8, 4) is 34.2 Å². The van der Waals surface area contributed by atoms with Crippen molar-refractivity contribution in [2.45, 2.75) is 44.4 Å². The summed E-state index contributed by atoms with van der Waals surface area (Å²) in [7, 11) is -1.91. The summed E-state index contributed by atoms with van der Waals surface area (Å²) in [4.78, 5) is 8.93. The van der Waals surface area contributed by atoms with E-state index in [4.69, 9.17) is 9.40 Å². The Morgan fingerprint density at radius 1 is 0.935 bits per heavy atom. The maximum atomic E-state index is 14.0. The van der Waals surface area contributed by atoms with Crippen LogP contribution in [0.25, 0.3) is 34.2 Å². The molecule has 2 saturated heterocycles. The minimum Gasteiger partial charge on any atom is -0.415 e. The average Bonchev–Trinajstić information content (AvgIpc) is 3.38. The highest BCUT2D eigenvalue weighted by molar-refractivity contribution is 7.92. The van der Waals surface area contributed by atoms with Crippen LogP contribution in [0.15, 0.2) is 47.1 Å². The first-order chi connectivity index (χ1) is 22.0. The van der Waals surface area contributed by atoms with Gasteiger partial charge in [-0.3, -0.25) is 9.40 Å². The van der Waals surface area contributed by atoms with Crippen LogP contribution in [0, 0.1) is 5.41 Å². The zero-order valence-corrected chi connectivity index (χ0v) is 26.3. The molecule has 5 heterocycles. The molecule has 1 aliphatic carbocycles. The second-order valence-corrected chi connectivity index (χ2v) is 14.4. The van der Waals surface area contributed by atoms with Crippen LogP contribution in [0.3, 0.4) is 0 Å². The monoisotopic (exact) mass is 654 g/mol. The maximum absolute atomic E-state index is 14.0. The number of hydrogen-bond donors (Lipinski definition) is 2. The van der Waals surface area contributed by atoms with E-state index in [1.54, 1.807) is 35.1 Å². The molecule has 2 N–H and O–H groups in total. The van der Waals surface area contributed by atoms with Gasteiger partial charge in [-0.1, -0.05) is 0 Å². The second kappa shape index (κ2) is 11.6. The van der Waals surface area contributed by atoms with Crippen molar-refractivity contribution in [3.63, 3.8) is 0 Å². The number of aryl methyl sites for hydroxylation is 1. The Morgan fingerprint density at radius 3 is 2.30 bits per heavy atom. The molecular formula is C31H36F2N8O4S. The number of benzene rings is 1. The molecule has 244 valence electrons. The molecule has 1 aromatic carbocycles. The first kappa shape index (κ1) is 30.5. The van der Waals surface area contributed by atoms with E-state index >= 15 is 0 Å². The third-order valence-corrected chi connectivity index (χ3v) is 10.6. The van der Waals surface area contributed by atoms with E-state index in [0.717, 1.165) is 42.7 Å². The minimum absolute atomic E-state index is 0.153. The number of sulfonamides is 1. The van der Waals surface area contributed by atoms with Gasteiger partial charge < -0.3 is 19.3 Å². The van der Waals surface area contributed by atoms with Gasteiger partial charge in [-0.2, -0.15) is 5.10 Å². The van der Waals surface area contributed by atoms with Gasteiger partial charge in [0.15, 0.2) is 0 Å². The molecular weight excluding hydrogens is 618 g/mol. The lowest BCUT2D eigenvalue weighted by atomic mass is 9.93. The van der Waals surface area contributed by atoms with Crippen LogP contribution in [0.5, 0.6) is 0 Å². The quantitative estimate of drug-likeness (QED) is 0.264. The van der Waals surface area contributed by atoms with Gasteiger partial charge in [0.1, 0.15) is 11.5 Å². The zero-order valence-electron chi connectivity index (χ0n) is 25.5. The van der Waals surface area contributed by atoms with Gasteiger partial charge in [0.2, 0.25) is 15.9 Å². The predicted octanol–water partition coefficient (Wildman–Crippen LogP) is 4.55. The molecule has 46 heavy (non-hydrogen) atoms. The molecule has 0 atom stereocenters. The van der Waals surface area contributed by atoms with Crippen molar-refractivity contribution in [2.24, 2.45) is 12.5 Å². The van der Waals surface area contributed by atoms with E-state index in [1.165, 1.54) is 12.8 Å². The van der Waals surface area contributed by atoms with E-state index < -0.39 is 28.3 Å². The number of alkyl halides is 2. The Labute approximate surface area is 265 Å². The molecule has 7 rings (SSSR count). The van der Waals surface area contributed by atoms with Crippen LogP contribution in [-0.4, -0.2) is 82.9 Å². The van der Waals surface area contributed by atoms with E-state index in [-0.39, 0.29) is 37.7 Å². The summed E-state index contributed by atoms with van der Waals surface area (Å²) in [5.41, 5.74) is 4.22. The summed E-state index contributed by atoms with van der Waals surface area (Å²) >= 11 is 0. The summed E-state index contributed by atoms with van der Waals surface area (Å²) in [6, 6.07) is 8.79. The van der Waals surface area contributed by atoms with E-state index in [2.05, 4.69) is 24.9 Å². The number of pyridine rings is 1. The van der Waals surface area contributed by atoms with Crippen LogP contribution in [-0.2, 0) is 17.1 Å². The summed E-state index contributed by atoms with van der Waals surface area (Å²) in [5.74, 6) is -2.14. The van der Waals surface area contributed by atoms with Gasteiger partial charge in [0, 0.05) is 63.4 Å². The molecule has 12 nitrogen and oxygen atoms in total. The molecule has 0 bridgehead atoms. The lowest BCUT2D eigenvalue weighted by Gasteiger charge is -2.35. The van der Waals surface area contributed by atoms with Crippen LogP contribution >= 0.6 is 0 Å². The lowest BCUT2D eigenvalue weighted by molar-refractivity contribution is -0.0221. The molecule has 1 saturated carbocycles. The van der Waals surface area contributed by atoms with Crippen molar-refractivity contribution in [1.29, 1.82) is 0 Å². The predicted molar refractivity (Wildman–Crippen MR) is 169 cm³/mol. The van der Waals surface area contributed by atoms with Crippen molar-refractivity contribution >= 4 is 27.2 Å². The highest BCUT2D eigenvalue weighted by Gasteiger charge is 2.44. The van der Waals surface area contributed by atoms with Gasteiger partial charge in [0.25, 0.3) is 11.8 Å². The van der Waals surface area contributed by atoms with Gasteiger partial charge in [-0.05, 0) is 61.4 Å². The molecule has 3 fully saturated rings. The van der Waals surface area contributed by atoms with Crippen LogP contribution < -0.4 is 14.5 Å². The molecule has 4 aromatic rings. The molecule has 15 heteroatoms. The smallest absolute Gasteiger partial charge is 0.266 e. The van der Waals surface area contributed by atoms with Crippen molar-refractivity contribution < 1.29 is 26.7 Å². The topological polar surface area (TPSA) is 143 Å². The Morgan fingerprint density at radius 2 is 1.63 bits per heavy atom. The standard InChI is InChI=1S/C31H36F2N8O4S/c1-39-20-21(19-34-39)23-4-5-25(35-27(23)41-14-10-31(32,33)11-15-41)29-37-36-28(45-29)24-3-2-22(38-46(43,44)17-16-42)18-26(24)40-12-8-30(6-7-30)9-13-40/h2-5,18-20,38,42H,6-17H2,1H3. The number of anilines is 3. The fourth-order valence-corrected chi connectivity index (χ4v) is 7.19. The average molecular weight is 655 g/mol. The SMILES string of the molecule is Cn1cc(-c2ccc(-c3nnc(-c4ccc(NS(=O)(=O)CCO)cc4N4CCC5(CC4)CC5)o3)nc2N2CCC(F)(F)CC2)cn1. The summed E-state index contributed by atoms with van der Waals surface area (Å²) < 4.78 is 63.3. The van der Waals surface area contributed by atoms with Crippen LogP contribution in [0.2, 0.25) is 0 Å². The molecule has 3 aromatic heterocycles. The number of aliphatic hydroxyl groups excluding tert-OH is 1. The van der Waals surface area contributed by atoms with Crippen molar-refractivity contribution in [1.82, 2.24) is 25.0 Å². The third-order valence-electron chi connectivity index (χ3n) is 9.31. The molecule has 0 amide bonds. The number of nitrogens with one attached hydrogen (secondary N) is 1. The summed E-state index contributed by atoms with van der Waals surface area (Å²) in [5, 5.41) is 22.1. The molecule has 1 spiro atoms. The Hall–Kier alpha value is -4.11. The van der Waals surface area contributed by atoms with Crippen LogP contribution in [0.4, 0.5) is 26.0 Å². The number of aromatic nitrogens is 5. The Bertz CT molecular complexity index is 1840. The minimum atomic E-state index is -3.72. The number of rotatable bonds is 9. The summed E-state index contributed by atoms with van der Waals surface area (Å²) in [6.07, 6.45) is 7.65. The Balaban J connectivity index is 1.23. The van der Waals surface area contributed by atoms with E-state index in [0.29, 0.717) is 28.2 Å². The van der Waals surface area contributed by atoms with E-state index in [1.807, 2.05) is 24.2 Å². The number of hydrogen-bond acceptors (Lipinski definition) is 10. The van der Waals surface area contributed by atoms with Gasteiger partial charge in [-0.25, -0.2) is 22.2 Å². The third kappa shape index (κ3) is 6.30. The zero-order chi connectivity index (χ0) is 32.1. The van der Waals surface area contributed by atoms with Gasteiger partial charge in [-0.15, -0.1) is 10.2 Å². The molecule has 2 aliphatic heterocycles. The fraction of sp³-hybridized carbons (Fsp3) is 0.484. The van der Waals surface area contributed by atoms with Crippen LogP contribution in [0.1, 0.15) is 38.5 Å². The Kier molecular flexibility index (Phi) is 7.70. The summed E-state index contributed by atoms with van der Waals surface area (Å²) in [6.45, 7) is 1.46. The highest BCUT2D eigenvalue weighted by Crippen LogP contribution is 2.54. The first-order valence-electron chi connectivity index (χ1n) is 15.5. The largest absolute Gasteiger partial charge is 0.415 e. The lowest BCUT2D eigenvalue weighted by Crippen LogP contribution is -2.40. The molecule has 3 aliphatic rings. The van der Waals surface area contributed by atoms with Gasteiger partial charge in [0.05, 0.1) is 35.5 Å². The van der Waals surface area contributed by atoms with Crippen molar-refractivity contribution in [2.75, 3.05) is 53.1 Å². The number of nitrogens with zero attached hydrogens (tertiary/aromatic N) is 7. The highest BCUT2D eigenvalue weighted by atomic mass is 32.2. The van der Waals surface area contributed by atoms with Crippen molar-refractivity contribution in [3.05, 3.63) is 42.7 Å².